The highest BCUT2D eigenvalue weighted by Gasteiger charge is 2.16. The van der Waals surface area contributed by atoms with E-state index >= 15 is 0 Å². The summed E-state index contributed by atoms with van der Waals surface area (Å²) in [5.74, 6) is 0.0476. The van der Waals surface area contributed by atoms with Gasteiger partial charge in [0.05, 0.1) is 18.2 Å². The monoisotopic (exact) mass is 285 g/mol. The lowest BCUT2D eigenvalue weighted by Gasteiger charge is -2.08. The van der Waals surface area contributed by atoms with Crippen LogP contribution in [0.1, 0.15) is 23.4 Å². The predicted octanol–water partition coefficient (Wildman–Crippen LogP) is 3.01. The zero-order valence-corrected chi connectivity index (χ0v) is 9.32. The van der Waals surface area contributed by atoms with Gasteiger partial charge in [-0.15, -0.1) is 11.6 Å². The fourth-order valence-corrected chi connectivity index (χ4v) is 1.86. The molecule has 0 unspecified atom stereocenters. The van der Waals surface area contributed by atoms with Gasteiger partial charge < -0.3 is 5.11 Å². The zero-order chi connectivity index (χ0) is 10.7. The number of hydrogen-bond donors (Lipinski definition) is 1. The van der Waals surface area contributed by atoms with Crippen LogP contribution >= 0.6 is 27.5 Å². The van der Waals surface area contributed by atoms with Crippen LogP contribution in [0, 0.1) is 0 Å². The van der Waals surface area contributed by atoms with Crippen LogP contribution < -0.4 is 0 Å². The van der Waals surface area contributed by atoms with Gasteiger partial charge in [0, 0.05) is 10.0 Å². The van der Waals surface area contributed by atoms with Crippen LogP contribution in [0.2, 0.25) is 0 Å². The second kappa shape index (κ2) is 5.00. The summed E-state index contributed by atoms with van der Waals surface area (Å²) in [6.45, 7) is -0.464. The van der Waals surface area contributed by atoms with Crippen molar-refractivity contribution in [2.45, 2.75) is 18.9 Å². The van der Waals surface area contributed by atoms with Crippen molar-refractivity contribution in [2.24, 2.45) is 0 Å². The number of alkyl halides is 3. The van der Waals surface area contributed by atoms with E-state index in [1.165, 1.54) is 6.07 Å². The first-order chi connectivity index (χ1) is 6.60. The van der Waals surface area contributed by atoms with Crippen LogP contribution in [-0.2, 0) is 12.5 Å². The van der Waals surface area contributed by atoms with E-state index < -0.39 is 18.7 Å². The maximum atomic E-state index is 12.4. The maximum absolute atomic E-state index is 12.4. The van der Waals surface area contributed by atoms with E-state index in [1.54, 1.807) is 0 Å². The van der Waals surface area contributed by atoms with Crippen molar-refractivity contribution in [1.82, 2.24) is 4.98 Å². The molecule has 0 aliphatic heterocycles. The van der Waals surface area contributed by atoms with Crippen molar-refractivity contribution < 1.29 is 13.9 Å². The van der Waals surface area contributed by atoms with Gasteiger partial charge in [0.25, 0.3) is 6.43 Å². The predicted molar refractivity (Wildman–Crippen MR) is 52.4 cm³/mol. The molecule has 0 amide bonds. The molecular formula is C8H7BrClF2NO. The summed E-state index contributed by atoms with van der Waals surface area (Å²) in [7, 11) is 0. The number of halogens is 4. The lowest BCUT2D eigenvalue weighted by Crippen LogP contribution is -2.02. The van der Waals surface area contributed by atoms with Gasteiger partial charge in [-0.3, -0.25) is 0 Å². The first-order valence-corrected chi connectivity index (χ1v) is 5.06. The van der Waals surface area contributed by atoms with Crippen molar-refractivity contribution in [3.05, 3.63) is 27.5 Å². The van der Waals surface area contributed by atoms with Gasteiger partial charge >= 0.3 is 0 Å². The van der Waals surface area contributed by atoms with Crippen molar-refractivity contribution >= 4 is 27.5 Å². The second-order valence-corrected chi connectivity index (χ2v) is 3.68. The maximum Gasteiger partial charge on any atom is 0.280 e. The second-order valence-electron chi connectivity index (χ2n) is 2.55. The fourth-order valence-electron chi connectivity index (χ4n) is 0.990. The normalized spacial score (nSPS) is 11.0. The van der Waals surface area contributed by atoms with Gasteiger partial charge in [0.1, 0.15) is 5.69 Å². The third kappa shape index (κ3) is 2.40. The van der Waals surface area contributed by atoms with Gasteiger partial charge in [-0.1, -0.05) is 0 Å². The van der Waals surface area contributed by atoms with Crippen LogP contribution in [-0.4, -0.2) is 10.1 Å². The highest BCUT2D eigenvalue weighted by atomic mass is 79.9. The Bertz CT molecular complexity index is 335. The van der Waals surface area contributed by atoms with E-state index in [4.69, 9.17) is 16.7 Å². The number of nitrogens with zero attached hydrogens (tertiary/aromatic N) is 1. The molecule has 2 nitrogen and oxygen atoms in total. The summed E-state index contributed by atoms with van der Waals surface area (Å²) in [6.07, 6.45) is -2.70. The Morgan fingerprint density at radius 2 is 2.21 bits per heavy atom. The molecule has 14 heavy (non-hydrogen) atoms. The molecule has 1 aromatic rings. The summed E-state index contributed by atoms with van der Waals surface area (Å²) >= 11 is 8.63. The van der Waals surface area contributed by atoms with Gasteiger partial charge in [0.2, 0.25) is 0 Å². The molecule has 6 heteroatoms. The van der Waals surface area contributed by atoms with E-state index in [2.05, 4.69) is 20.9 Å². The molecule has 0 atom stereocenters. The molecule has 1 heterocycles. The number of aliphatic hydroxyl groups is 1. The summed E-state index contributed by atoms with van der Waals surface area (Å²) in [5.41, 5.74) is 0.0475. The number of pyridine rings is 1. The van der Waals surface area contributed by atoms with E-state index in [-0.39, 0.29) is 11.4 Å². The molecule has 0 radical (unpaired) electrons. The topological polar surface area (TPSA) is 33.1 Å². The van der Waals surface area contributed by atoms with Crippen LogP contribution in [0.4, 0.5) is 8.78 Å². The SMILES string of the molecule is OCc1cc(Br)c(CCl)nc1C(F)F. The Morgan fingerprint density at radius 1 is 1.57 bits per heavy atom. The molecule has 0 aliphatic carbocycles. The smallest absolute Gasteiger partial charge is 0.280 e. The Labute approximate surface area is 93.0 Å². The molecule has 0 bridgehead atoms. The Balaban J connectivity index is 3.25. The first kappa shape index (κ1) is 11.8. The molecule has 0 saturated carbocycles. The fraction of sp³-hybridized carbons (Fsp3) is 0.375. The zero-order valence-electron chi connectivity index (χ0n) is 6.98. The van der Waals surface area contributed by atoms with E-state index in [1.807, 2.05) is 0 Å². The Morgan fingerprint density at radius 3 is 2.64 bits per heavy atom. The highest BCUT2D eigenvalue weighted by molar-refractivity contribution is 9.10. The van der Waals surface area contributed by atoms with Crippen LogP contribution in [0.25, 0.3) is 0 Å². The van der Waals surface area contributed by atoms with Crippen molar-refractivity contribution in [3.8, 4) is 0 Å². The van der Waals surface area contributed by atoms with Crippen molar-refractivity contribution in [3.63, 3.8) is 0 Å². The molecule has 0 aromatic carbocycles. The number of aliphatic hydroxyl groups excluding tert-OH is 1. The van der Waals surface area contributed by atoms with E-state index in [0.717, 1.165) is 0 Å². The quantitative estimate of drug-likeness (QED) is 0.867. The molecule has 1 rings (SSSR count). The minimum absolute atomic E-state index is 0.0476. The third-order valence-electron chi connectivity index (χ3n) is 1.66. The van der Waals surface area contributed by atoms with Gasteiger partial charge in [-0.25, -0.2) is 13.8 Å². The first-order valence-electron chi connectivity index (χ1n) is 3.73. The van der Waals surface area contributed by atoms with Crippen LogP contribution in [0.5, 0.6) is 0 Å². The Hall–Kier alpha value is -0.260. The van der Waals surface area contributed by atoms with Gasteiger partial charge in [-0.05, 0) is 22.0 Å². The van der Waals surface area contributed by atoms with Gasteiger partial charge in [0.15, 0.2) is 0 Å². The number of hydrogen-bond acceptors (Lipinski definition) is 2. The molecule has 0 spiro atoms. The number of rotatable bonds is 3. The van der Waals surface area contributed by atoms with E-state index in [9.17, 15) is 8.78 Å². The molecule has 0 fully saturated rings. The lowest BCUT2D eigenvalue weighted by molar-refractivity contribution is 0.141. The third-order valence-corrected chi connectivity index (χ3v) is 2.60. The average Bonchev–Trinajstić information content (AvgIpc) is 2.16. The van der Waals surface area contributed by atoms with E-state index in [0.29, 0.717) is 10.2 Å². The largest absolute Gasteiger partial charge is 0.392 e. The summed E-state index contributed by atoms with van der Waals surface area (Å²) < 4.78 is 25.4. The van der Waals surface area contributed by atoms with Gasteiger partial charge in [-0.2, -0.15) is 0 Å². The molecule has 1 N–H and O–H groups in total. The minimum Gasteiger partial charge on any atom is -0.392 e. The summed E-state index contributed by atoms with van der Waals surface area (Å²) in [5, 5.41) is 8.83. The molecule has 78 valence electrons. The minimum atomic E-state index is -2.70. The van der Waals surface area contributed by atoms with Crippen molar-refractivity contribution in [2.75, 3.05) is 0 Å². The number of aromatic nitrogens is 1. The molecule has 0 aliphatic rings. The Kier molecular flexibility index (Phi) is 4.22. The lowest BCUT2D eigenvalue weighted by atomic mass is 10.2. The average molecular weight is 287 g/mol. The molecule has 0 saturated heterocycles. The van der Waals surface area contributed by atoms with Crippen molar-refractivity contribution in [1.29, 1.82) is 0 Å². The summed E-state index contributed by atoms with van der Waals surface area (Å²) in [4.78, 5) is 3.67. The summed E-state index contributed by atoms with van der Waals surface area (Å²) in [6, 6.07) is 1.41. The molecule has 1 aromatic heterocycles. The van der Waals surface area contributed by atoms with Crippen LogP contribution in [0.15, 0.2) is 10.5 Å². The molecular weight excluding hydrogens is 279 g/mol. The standard InChI is InChI=1S/C8H7BrClF2NO/c9-5-1-4(3-14)7(8(11)12)13-6(5)2-10/h1,8,14H,2-3H2. The van der Waals surface area contributed by atoms with Crippen LogP contribution in [0.3, 0.4) is 0 Å². The highest BCUT2D eigenvalue weighted by Crippen LogP contribution is 2.26.